The van der Waals surface area contributed by atoms with Crippen molar-refractivity contribution >= 4 is 17.6 Å². The number of rotatable bonds is 2. The summed E-state index contributed by atoms with van der Waals surface area (Å²) in [5.41, 5.74) is 1.63. The Bertz CT molecular complexity index is 692. The molecule has 6 heteroatoms. The van der Waals surface area contributed by atoms with Crippen molar-refractivity contribution in [1.29, 1.82) is 0 Å². The third-order valence-corrected chi connectivity index (χ3v) is 3.44. The first-order valence-electron chi connectivity index (χ1n) is 6.21. The second kappa shape index (κ2) is 4.48. The number of amides is 1. The first-order chi connectivity index (χ1) is 9.58. The van der Waals surface area contributed by atoms with Crippen LogP contribution in [0.5, 0.6) is 0 Å². The molecule has 0 fully saturated rings. The van der Waals surface area contributed by atoms with Crippen LogP contribution >= 0.6 is 0 Å². The number of aliphatic carboxylic acids is 1. The fourth-order valence-electron chi connectivity index (χ4n) is 2.48. The number of nitrogens with zero attached hydrogens (tertiary/aromatic N) is 3. The predicted octanol–water partition coefficient (Wildman–Crippen LogP) is 1.25. The standard InChI is InChI=1S/C14H13N3O3/c1-16-7-6-11(15-16)13(18)17-8-10(14(19)20)9-4-2-3-5-12(9)17/h2-7,10H,8H2,1H3,(H,19,20). The van der Waals surface area contributed by atoms with Gasteiger partial charge in [0.25, 0.3) is 5.91 Å². The lowest BCUT2D eigenvalue weighted by Gasteiger charge is -2.15. The molecule has 6 nitrogen and oxygen atoms in total. The number of para-hydroxylation sites is 1. The summed E-state index contributed by atoms with van der Waals surface area (Å²) in [6.07, 6.45) is 1.68. The van der Waals surface area contributed by atoms with Gasteiger partial charge in [-0.1, -0.05) is 18.2 Å². The largest absolute Gasteiger partial charge is 0.481 e. The van der Waals surface area contributed by atoms with Crippen LogP contribution in [0.15, 0.2) is 36.5 Å². The Kier molecular flexibility index (Phi) is 2.78. The second-order valence-corrected chi connectivity index (χ2v) is 4.74. The highest BCUT2D eigenvalue weighted by Gasteiger charge is 2.37. The number of carbonyl (C=O) groups excluding carboxylic acids is 1. The third-order valence-electron chi connectivity index (χ3n) is 3.44. The Morgan fingerprint density at radius 1 is 1.30 bits per heavy atom. The summed E-state index contributed by atoms with van der Waals surface area (Å²) in [5, 5.41) is 13.4. The second-order valence-electron chi connectivity index (χ2n) is 4.74. The molecule has 0 radical (unpaired) electrons. The number of aromatic nitrogens is 2. The lowest BCUT2D eigenvalue weighted by atomic mass is 10.0. The van der Waals surface area contributed by atoms with Crippen LogP contribution < -0.4 is 4.90 Å². The number of hydrogen-bond donors (Lipinski definition) is 1. The molecule has 3 rings (SSSR count). The Labute approximate surface area is 115 Å². The number of benzene rings is 1. The number of carbonyl (C=O) groups is 2. The topological polar surface area (TPSA) is 75.4 Å². The molecule has 1 atom stereocenters. The molecular weight excluding hydrogens is 258 g/mol. The lowest BCUT2D eigenvalue weighted by molar-refractivity contribution is -0.138. The summed E-state index contributed by atoms with van der Waals surface area (Å²) in [4.78, 5) is 25.2. The SMILES string of the molecule is Cn1ccc(C(=O)N2CC(C(=O)O)c3ccccc32)n1. The number of hydrogen-bond acceptors (Lipinski definition) is 3. The van der Waals surface area contributed by atoms with Crippen LogP contribution in [0.4, 0.5) is 5.69 Å². The number of fused-ring (bicyclic) bond motifs is 1. The van der Waals surface area contributed by atoms with Gasteiger partial charge in [0.1, 0.15) is 5.92 Å². The number of aryl methyl sites for hydroxylation is 1. The Morgan fingerprint density at radius 3 is 2.70 bits per heavy atom. The Balaban J connectivity index is 2.00. The average molecular weight is 271 g/mol. The van der Waals surface area contributed by atoms with Crippen molar-refractivity contribution in [2.24, 2.45) is 7.05 Å². The molecule has 2 aromatic rings. The van der Waals surface area contributed by atoms with Gasteiger partial charge >= 0.3 is 5.97 Å². The molecule has 1 aliphatic heterocycles. The van der Waals surface area contributed by atoms with Gasteiger partial charge in [-0.05, 0) is 17.7 Å². The Morgan fingerprint density at radius 2 is 2.05 bits per heavy atom. The van der Waals surface area contributed by atoms with Gasteiger partial charge in [0.2, 0.25) is 0 Å². The van der Waals surface area contributed by atoms with Crippen LogP contribution in [0.2, 0.25) is 0 Å². The van der Waals surface area contributed by atoms with Crippen molar-refractivity contribution in [1.82, 2.24) is 9.78 Å². The smallest absolute Gasteiger partial charge is 0.312 e. The predicted molar refractivity (Wildman–Crippen MR) is 71.7 cm³/mol. The fraction of sp³-hybridized carbons (Fsp3) is 0.214. The highest BCUT2D eigenvalue weighted by Crippen LogP contribution is 2.36. The van der Waals surface area contributed by atoms with E-state index in [0.29, 0.717) is 16.9 Å². The van der Waals surface area contributed by atoms with E-state index in [9.17, 15) is 14.7 Å². The van der Waals surface area contributed by atoms with Gasteiger partial charge in [0.15, 0.2) is 5.69 Å². The molecule has 0 saturated carbocycles. The van der Waals surface area contributed by atoms with Gasteiger partial charge in [0.05, 0.1) is 0 Å². The maximum absolute atomic E-state index is 12.4. The Hall–Kier alpha value is -2.63. The molecule has 1 aromatic heterocycles. The number of anilines is 1. The number of carboxylic acids is 1. The minimum atomic E-state index is -0.922. The van der Waals surface area contributed by atoms with E-state index in [1.807, 2.05) is 0 Å². The van der Waals surface area contributed by atoms with E-state index in [0.717, 1.165) is 0 Å². The maximum atomic E-state index is 12.4. The molecule has 0 bridgehead atoms. The highest BCUT2D eigenvalue weighted by molar-refractivity contribution is 6.07. The molecular formula is C14H13N3O3. The molecule has 1 unspecified atom stereocenters. The van der Waals surface area contributed by atoms with E-state index in [4.69, 9.17) is 0 Å². The summed E-state index contributed by atoms with van der Waals surface area (Å²) in [6, 6.07) is 8.71. The van der Waals surface area contributed by atoms with Crippen LogP contribution in [0.3, 0.4) is 0 Å². The fourth-order valence-corrected chi connectivity index (χ4v) is 2.48. The van der Waals surface area contributed by atoms with Crippen molar-refractivity contribution in [2.45, 2.75) is 5.92 Å². The van der Waals surface area contributed by atoms with Gasteiger partial charge in [-0.2, -0.15) is 5.10 Å². The van der Waals surface area contributed by atoms with Gasteiger partial charge in [-0.25, -0.2) is 0 Å². The van der Waals surface area contributed by atoms with E-state index < -0.39 is 11.9 Å². The molecule has 1 aliphatic rings. The zero-order valence-corrected chi connectivity index (χ0v) is 10.9. The summed E-state index contributed by atoms with van der Waals surface area (Å²) in [5.74, 6) is -1.88. The van der Waals surface area contributed by atoms with Crippen molar-refractivity contribution in [3.63, 3.8) is 0 Å². The van der Waals surface area contributed by atoms with Crippen molar-refractivity contribution < 1.29 is 14.7 Å². The first kappa shape index (κ1) is 12.4. The van der Waals surface area contributed by atoms with E-state index >= 15 is 0 Å². The van der Waals surface area contributed by atoms with Crippen molar-refractivity contribution in [3.8, 4) is 0 Å². The maximum Gasteiger partial charge on any atom is 0.312 e. The third kappa shape index (κ3) is 1.85. The average Bonchev–Trinajstić information content (AvgIpc) is 3.02. The van der Waals surface area contributed by atoms with E-state index in [1.165, 1.54) is 4.90 Å². The molecule has 1 N–H and O–H groups in total. The van der Waals surface area contributed by atoms with E-state index in [-0.39, 0.29) is 12.5 Å². The quantitative estimate of drug-likeness (QED) is 0.892. The van der Waals surface area contributed by atoms with Crippen LogP contribution in [0.25, 0.3) is 0 Å². The van der Waals surface area contributed by atoms with Gasteiger partial charge in [-0.3, -0.25) is 14.3 Å². The molecule has 1 aromatic carbocycles. The van der Waals surface area contributed by atoms with Gasteiger partial charge < -0.3 is 10.0 Å². The van der Waals surface area contributed by atoms with Crippen LogP contribution in [-0.2, 0) is 11.8 Å². The highest BCUT2D eigenvalue weighted by atomic mass is 16.4. The van der Waals surface area contributed by atoms with E-state index in [2.05, 4.69) is 5.10 Å². The minimum Gasteiger partial charge on any atom is -0.481 e. The van der Waals surface area contributed by atoms with Crippen molar-refractivity contribution in [2.75, 3.05) is 11.4 Å². The van der Waals surface area contributed by atoms with Crippen LogP contribution in [0, 0.1) is 0 Å². The van der Waals surface area contributed by atoms with E-state index in [1.54, 1.807) is 48.3 Å². The van der Waals surface area contributed by atoms with Crippen molar-refractivity contribution in [3.05, 3.63) is 47.8 Å². The lowest BCUT2D eigenvalue weighted by Crippen LogP contribution is -2.31. The monoisotopic (exact) mass is 271 g/mol. The molecule has 20 heavy (non-hydrogen) atoms. The molecule has 2 heterocycles. The molecule has 0 spiro atoms. The first-order valence-corrected chi connectivity index (χ1v) is 6.21. The summed E-state index contributed by atoms with van der Waals surface area (Å²) in [6.45, 7) is 0.143. The zero-order valence-electron chi connectivity index (χ0n) is 10.9. The molecule has 102 valence electrons. The summed E-state index contributed by atoms with van der Waals surface area (Å²) in [7, 11) is 1.73. The zero-order chi connectivity index (χ0) is 14.3. The van der Waals surface area contributed by atoms with Gasteiger partial charge in [-0.15, -0.1) is 0 Å². The molecule has 0 aliphatic carbocycles. The van der Waals surface area contributed by atoms with Crippen LogP contribution in [-0.4, -0.2) is 33.3 Å². The molecule has 0 saturated heterocycles. The summed E-state index contributed by atoms with van der Waals surface area (Å²) >= 11 is 0. The normalized spacial score (nSPS) is 17.1. The summed E-state index contributed by atoms with van der Waals surface area (Å²) < 4.78 is 1.55. The number of carboxylic acid groups (broad SMARTS) is 1. The van der Waals surface area contributed by atoms with Crippen LogP contribution in [0.1, 0.15) is 22.0 Å². The minimum absolute atomic E-state index is 0.143. The van der Waals surface area contributed by atoms with Gasteiger partial charge in [0, 0.05) is 25.5 Å². The molecule has 1 amide bonds.